The Morgan fingerprint density at radius 2 is 2.22 bits per heavy atom. The number of nitrogens with one attached hydrogen (secondary N) is 1. The summed E-state index contributed by atoms with van der Waals surface area (Å²) < 4.78 is 4.84. The SMILES string of the molecule is CCNC(C)(CCCSC(C)CCO)C(=O)OC. The quantitative estimate of drug-likeness (QED) is 0.471. The molecule has 0 aliphatic rings. The second-order valence-corrected chi connectivity index (χ2v) is 6.20. The molecule has 2 atom stereocenters. The number of carbonyl (C=O) groups is 1. The maximum absolute atomic E-state index is 11.7. The number of aliphatic hydroxyl groups excluding tert-OH is 1. The summed E-state index contributed by atoms with van der Waals surface area (Å²) in [4.78, 5) is 11.7. The molecule has 4 nitrogen and oxygen atoms in total. The van der Waals surface area contributed by atoms with Gasteiger partial charge in [-0.05, 0) is 38.5 Å². The van der Waals surface area contributed by atoms with Gasteiger partial charge in [0, 0.05) is 11.9 Å². The lowest BCUT2D eigenvalue weighted by atomic mass is 9.96. The van der Waals surface area contributed by atoms with Crippen LogP contribution in [0, 0.1) is 0 Å². The lowest BCUT2D eigenvalue weighted by Gasteiger charge is -2.27. The van der Waals surface area contributed by atoms with Crippen LogP contribution in [0.15, 0.2) is 0 Å². The number of likely N-dealkylation sites (N-methyl/N-ethyl adjacent to an activating group) is 1. The fourth-order valence-electron chi connectivity index (χ4n) is 1.85. The Bertz CT molecular complexity index is 238. The van der Waals surface area contributed by atoms with Crippen LogP contribution in [0.3, 0.4) is 0 Å². The minimum absolute atomic E-state index is 0.197. The first kappa shape index (κ1) is 17.7. The van der Waals surface area contributed by atoms with Crippen LogP contribution in [0.5, 0.6) is 0 Å². The van der Waals surface area contributed by atoms with Crippen LogP contribution in [0.25, 0.3) is 0 Å². The zero-order valence-electron chi connectivity index (χ0n) is 12.0. The van der Waals surface area contributed by atoms with E-state index in [0.29, 0.717) is 5.25 Å². The molecule has 0 fully saturated rings. The van der Waals surface area contributed by atoms with Gasteiger partial charge in [0.2, 0.25) is 0 Å². The van der Waals surface area contributed by atoms with Crippen LogP contribution < -0.4 is 5.32 Å². The van der Waals surface area contributed by atoms with Gasteiger partial charge in [0.05, 0.1) is 7.11 Å². The molecule has 0 aromatic heterocycles. The van der Waals surface area contributed by atoms with Gasteiger partial charge in [-0.2, -0.15) is 11.8 Å². The lowest BCUT2D eigenvalue weighted by Crippen LogP contribution is -2.50. The van der Waals surface area contributed by atoms with Gasteiger partial charge in [0.15, 0.2) is 0 Å². The highest BCUT2D eigenvalue weighted by Gasteiger charge is 2.32. The van der Waals surface area contributed by atoms with Gasteiger partial charge in [0.1, 0.15) is 5.54 Å². The van der Waals surface area contributed by atoms with Crippen molar-refractivity contribution in [1.82, 2.24) is 5.32 Å². The van der Waals surface area contributed by atoms with E-state index < -0.39 is 5.54 Å². The predicted molar refractivity (Wildman–Crippen MR) is 77.0 cm³/mol. The fourth-order valence-corrected chi connectivity index (χ4v) is 2.84. The smallest absolute Gasteiger partial charge is 0.325 e. The molecule has 2 unspecified atom stereocenters. The second-order valence-electron chi connectivity index (χ2n) is 4.65. The van der Waals surface area contributed by atoms with Gasteiger partial charge >= 0.3 is 5.97 Å². The summed E-state index contributed by atoms with van der Waals surface area (Å²) >= 11 is 1.84. The molecule has 0 aromatic rings. The topological polar surface area (TPSA) is 58.6 Å². The van der Waals surface area contributed by atoms with E-state index in [-0.39, 0.29) is 12.6 Å². The molecule has 2 N–H and O–H groups in total. The number of aliphatic hydroxyl groups is 1. The van der Waals surface area contributed by atoms with Gasteiger partial charge in [0.25, 0.3) is 0 Å². The number of methoxy groups -OCH3 is 1. The lowest BCUT2D eigenvalue weighted by molar-refractivity contribution is -0.148. The molecular weight excluding hydrogens is 250 g/mol. The maximum Gasteiger partial charge on any atom is 0.325 e. The van der Waals surface area contributed by atoms with Crippen molar-refractivity contribution in [2.75, 3.05) is 26.0 Å². The van der Waals surface area contributed by atoms with E-state index >= 15 is 0 Å². The van der Waals surface area contributed by atoms with Gasteiger partial charge in [-0.1, -0.05) is 13.8 Å². The highest BCUT2D eigenvalue weighted by Crippen LogP contribution is 2.20. The van der Waals surface area contributed by atoms with Crippen molar-refractivity contribution in [3.05, 3.63) is 0 Å². The van der Waals surface area contributed by atoms with Crippen molar-refractivity contribution in [2.45, 2.75) is 50.8 Å². The number of thioether (sulfide) groups is 1. The Balaban J connectivity index is 4.01. The molecule has 0 aliphatic heterocycles. The molecule has 0 radical (unpaired) electrons. The predicted octanol–water partition coefficient (Wildman–Crippen LogP) is 1.81. The summed E-state index contributed by atoms with van der Waals surface area (Å²) in [5.74, 6) is 0.803. The Morgan fingerprint density at radius 1 is 1.56 bits per heavy atom. The number of ether oxygens (including phenoxy) is 1. The highest BCUT2D eigenvalue weighted by molar-refractivity contribution is 7.99. The standard InChI is InChI=1S/C13H27NO3S/c1-5-14-13(3,12(16)17-4)8-6-10-18-11(2)7-9-15/h11,14-15H,5-10H2,1-4H3. The zero-order chi connectivity index (χ0) is 14.0. The molecule has 0 bridgehead atoms. The maximum atomic E-state index is 11.7. The van der Waals surface area contributed by atoms with Crippen LogP contribution in [-0.4, -0.2) is 47.9 Å². The number of rotatable bonds is 10. The van der Waals surface area contributed by atoms with Crippen molar-refractivity contribution in [1.29, 1.82) is 0 Å². The molecule has 0 saturated heterocycles. The number of hydrogen-bond acceptors (Lipinski definition) is 5. The summed E-state index contributed by atoms with van der Waals surface area (Å²) in [5.41, 5.74) is -0.579. The second kappa shape index (κ2) is 9.64. The average molecular weight is 277 g/mol. The third-order valence-electron chi connectivity index (χ3n) is 2.96. The molecule has 0 spiro atoms. The third kappa shape index (κ3) is 6.61. The van der Waals surface area contributed by atoms with E-state index in [4.69, 9.17) is 9.84 Å². The van der Waals surface area contributed by atoms with Crippen molar-refractivity contribution in [2.24, 2.45) is 0 Å². The summed E-state index contributed by atoms with van der Waals surface area (Å²) in [6, 6.07) is 0. The van der Waals surface area contributed by atoms with Gasteiger partial charge in [-0.25, -0.2) is 0 Å². The van der Waals surface area contributed by atoms with E-state index in [1.54, 1.807) is 0 Å². The van der Waals surface area contributed by atoms with Gasteiger partial charge in [-0.3, -0.25) is 4.79 Å². The molecule has 5 heteroatoms. The van der Waals surface area contributed by atoms with Crippen LogP contribution in [0.4, 0.5) is 0 Å². The van der Waals surface area contributed by atoms with Crippen molar-refractivity contribution in [3.8, 4) is 0 Å². The first-order chi connectivity index (χ1) is 8.50. The van der Waals surface area contributed by atoms with E-state index in [1.807, 2.05) is 25.6 Å². The molecule has 0 aromatic carbocycles. The number of hydrogen-bond donors (Lipinski definition) is 2. The summed E-state index contributed by atoms with van der Waals surface area (Å²) in [6.07, 6.45) is 2.55. The van der Waals surface area contributed by atoms with Crippen LogP contribution in [0.2, 0.25) is 0 Å². The molecule has 0 saturated carbocycles. The molecule has 0 rings (SSSR count). The fraction of sp³-hybridized carbons (Fsp3) is 0.923. The average Bonchev–Trinajstić information content (AvgIpc) is 2.34. The monoisotopic (exact) mass is 277 g/mol. The van der Waals surface area contributed by atoms with Crippen molar-refractivity contribution >= 4 is 17.7 Å². The van der Waals surface area contributed by atoms with Gasteiger partial charge < -0.3 is 15.2 Å². The molecule has 0 amide bonds. The van der Waals surface area contributed by atoms with E-state index in [9.17, 15) is 4.79 Å². The summed E-state index contributed by atoms with van der Waals surface area (Å²) in [5, 5.41) is 12.5. The first-order valence-corrected chi connectivity index (χ1v) is 7.61. The van der Waals surface area contributed by atoms with E-state index in [0.717, 1.165) is 31.6 Å². The Morgan fingerprint density at radius 3 is 2.72 bits per heavy atom. The van der Waals surface area contributed by atoms with Crippen LogP contribution in [-0.2, 0) is 9.53 Å². The summed E-state index contributed by atoms with van der Waals surface area (Å²) in [7, 11) is 1.43. The minimum Gasteiger partial charge on any atom is -0.468 e. The molecule has 108 valence electrons. The number of esters is 1. The highest BCUT2D eigenvalue weighted by atomic mass is 32.2. The molecule has 18 heavy (non-hydrogen) atoms. The van der Waals surface area contributed by atoms with Gasteiger partial charge in [-0.15, -0.1) is 0 Å². The Kier molecular flexibility index (Phi) is 9.50. The van der Waals surface area contributed by atoms with E-state index in [2.05, 4.69) is 12.2 Å². The molecular formula is C13H27NO3S. The first-order valence-electron chi connectivity index (χ1n) is 6.56. The molecule has 0 aliphatic carbocycles. The summed E-state index contributed by atoms with van der Waals surface area (Å²) in [6.45, 7) is 6.99. The number of carbonyl (C=O) groups excluding carboxylic acids is 1. The van der Waals surface area contributed by atoms with Crippen LogP contribution >= 0.6 is 11.8 Å². The zero-order valence-corrected chi connectivity index (χ0v) is 12.8. The largest absolute Gasteiger partial charge is 0.468 e. The van der Waals surface area contributed by atoms with Crippen molar-refractivity contribution < 1.29 is 14.6 Å². The van der Waals surface area contributed by atoms with Crippen LogP contribution in [0.1, 0.15) is 40.0 Å². The molecule has 0 heterocycles. The minimum atomic E-state index is -0.579. The third-order valence-corrected chi connectivity index (χ3v) is 4.29. The Labute approximate surface area is 115 Å². The Hall–Kier alpha value is -0.260. The van der Waals surface area contributed by atoms with Crippen molar-refractivity contribution in [3.63, 3.8) is 0 Å². The van der Waals surface area contributed by atoms with E-state index in [1.165, 1.54) is 7.11 Å². The normalized spacial score (nSPS) is 16.1.